The molecule has 0 unspecified atom stereocenters. The van der Waals surface area contributed by atoms with Crippen LogP contribution in [-0.4, -0.2) is 49.7 Å². The first kappa shape index (κ1) is 25.3. The molecule has 1 aliphatic heterocycles. The SMILES string of the molecule is Cc1ccccc1C(=O)N[C@@H]1CCCC[C@H]1NC(=O)[C@H]1CCCN(S(=O)(=O)c2ccc(F)cc2)C1. The van der Waals surface area contributed by atoms with Crippen LogP contribution in [0.4, 0.5) is 4.39 Å². The van der Waals surface area contributed by atoms with E-state index in [0.717, 1.165) is 43.4 Å². The summed E-state index contributed by atoms with van der Waals surface area (Å²) in [5.41, 5.74) is 1.52. The molecule has 7 nitrogen and oxygen atoms in total. The Morgan fingerprint density at radius 2 is 1.57 bits per heavy atom. The summed E-state index contributed by atoms with van der Waals surface area (Å²) in [5.74, 6) is -1.32. The van der Waals surface area contributed by atoms with Crippen molar-refractivity contribution in [2.24, 2.45) is 5.92 Å². The van der Waals surface area contributed by atoms with Gasteiger partial charge in [0.15, 0.2) is 0 Å². The Bertz CT molecular complexity index is 1170. The van der Waals surface area contributed by atoms with Gasteiger partial charge in [-0.2, -0.15) is 4.31 Å². The number of benzene rings is 2. The molecule has 2 aromatic rings. The van der Waals surface area contributed by atoms with Crippen LogP contribution in [0.2, 0.25) is 0 Å². The minimum atomic E-state index is -3.81. The van der Waals surface area contributed by atoms with Gasteiger partial charge in [0.05, 0.1) is 10.8 Å². The molecule has 1 saturated heterocycles. The number of carbonyl (C=O) groups is 2. The van der Waals surface area contributed by atoms with E-state index in [1.165, 1.54) is 16.4 Å². The van der Waals surface area contributed by atoms with Gasteiger partial charge in [-0.15, -0.1) is 0 Å². The van der Waals surface area contributed by atoms with E-state index in [9.17, 15) is 22.4 Å². The Balaban J connectivity index is 1.40. The van der Waals surface area contributed by atoms with Crippen molar-refractivity contribution < 1.29 is 22.4 Å². The number of nitrogens with zero attached hydrogens (tertiary/aromatic N) is 1. The monoisotopic (exact) mass is 501 g/mol. The smallest absolute Gasteiger partial charge is 0.251 e. The van der Waals surface area contributed by atoms with Crippen molar-refractivity contribution in [3.8, 4) is 0 Å². The molecule has 0 radical (unpaired) electrons. The van der Waals surface area contributed by atoms with Crippen LogP contribution in [0, 0.1) is 18.7 Å². The lowest BCUT2D eigenvalue weighted by Gasteiger charge is -2.36. The lowest BCUT2D eigenvalue weighted by Crippen LogP contribution is -2.55. The number of amides is 2. The van der Waals surface area contributed by atoms with Crippen LogP contribution in [0.5, 0.6) is 0 Å². The van der Waals surface area contributed by atoms with Gasteiger partial charge in [0, 0.05) is 30.7 Å². The van der Waals surface area contributed by atoms with Gasteiger partial charge < -0.3 is 10.6 Å². The Labute approximate surface area is 206 Å². The summed E-state index contributed by atoms with van der Waals surface area (Å²) in [4.78, 5) is 26.1. The summed E-state index contributed by atoms with van der Waals surface area (Å²) in [6.07, 6.45) is 4.62. The van der Waals surface area contributed by atoms with E-state index < -0.39 is 21.8 Å². The van der Waals surface area contributed by atoms with Crippen molar-refractivity contribution in [3.63, 3.8) is 0 Å². The number of rotatable bonds is 6. The maximum absolute atomic E-state index is 13.2. The predicted octanol–water partition coefficient (Wildman–Crippen LogP) is 3.39. The number of nitrogens with one attached hydrogen (secondary N) is 2. The average Bonchev–Trinajstić information content (AvgIpc) is 2.86. The Kier molecular flexibility index (Phi) is 7.86. The highest BCUT2D eigenvalue weighted by molar-refractivity contribution is 7.89. The molecule has 2 N–H and O–H groups in total. The summed E-state index contributed by atoms with van der Waals surface area (Å²) in [5, 5.41) is 6.21. The third-order valence-electron chi connectivity index (χ3n) is 7.01. The maximum Gasteiger partial charge on any atom is 0.251 e. The number of hydrogen-bond acceptors (Lipinski definition) is 4. The molecule has 2 amide bonds. The first-order valence-corrected chi connectivity index (χ1v) is 13.6. The highest BCUT2D eigenvalue weighted by atomic mass is 32.2. The molecule has 2 fully saturated rings. The lowest BCUT2D eigenvalue weighted by molar-refractivity contribution is -0.127. The van der Waals surface area contributed by atoms with E-state index in [4.69, 9.17) is 0 Å². The highest BCUT2D eigenvalue weighted by Gasteiger charge is 2.35. The van der Waals surface area contributed by atoms with Crippen LogP contribution in [0.1, 0.15) is 54.4 Å². The molecule has 35 heavy (non-hydrogen) atoms. The highest BCUT2D eigenvalue weighted by Crippen LogP contribution is 2.26. The van der Waals surface area contributed by atoms with E-state index in [0.29, 0.717) is 24.9 Å². The zero-order valence-electron chi connectivity index (χ0n) is 19.9. The molecule has 0 spiro atoms. The molecule has 3 atom stereocenters. The quantitative estimate of drug-likeness (QED) is 0.634. The summed E-state index contributed by atoms with van der Waals surface area (Å²) in [6, 6.07) is 11.8. The van der Waals surface area contributed by atoms with Gasteiger partial charge in [0.2, 0.25) is 15.9 Å². The minimum Gasteiger partial charge on any atom is -0.351 e. The molecule has 4 rings (SSSR count). The predicted molar refractivity (Wildman–Crippen MR) is 131 cm³/mol. The zero-order valence-corrected chi connectivity index (χ0v) is 20.7. The van der Waals surface area contributed by atoms with E-state index >= 15 is 0 Å². The molecular formula is C26H32FN3O4S. The van der Waals surface area contributed by atoms with Crippen molar-refractivity contribution in [2.75, 3.05) is 13.1 Å². The fourth-order valence-corrected chi connectivity index (χ4v) is 6.50. The largest absolute Gasteiger partial charge is 0.351 e. The molecule has 0 bridgehead atoms. The Morgan fingerprint density at radius 1 is 0.914 bits per heavy atom. The van der Waals surface area contributed by atoms with Gasteiger partial charge in [-0.05, 0) is 68.5 Å². The summed E-state index contributed by atoms with van der Waals surface area (Å²) < 4.78 is 40.6. The third-order valence-corrected chi connectivity index (χ3v) is 8.89. The number of halogens is 1. The number of carbonyl (C=O) groups excluding carboxylic acids is 2. The lowest BCUT2D eigenvalue weighted by atomic mass is 9.89. The van der Waals surface area contributed by atoms with Gasteiger partial charge in [0.1, 0.15) is 5.82 Å². The van der Waals surface area contributed by atoms with E-state index in [1.807, 2.05) is 25.1 Å². The fraction of sp³-hybridized carbons (Fsp3) is 0.462. The van der Waals surface area contributed by atoms with Gasteiger partial charge in [0.25, 0.3) is 5.91 Å². The topological polar surface area (TPSA) is 95.6 Å². The van der Waals surface area contributed by atoms with Gasteiger partial charge in [-0.3, -0.25) is 9.59 Å². The average molecular weight is 502 g/mol. The summed E-state index contributed by atoms with van der Waals surface area (Å²) >= 11 is 0. The Morgan fingerprint density at radius 3 is 2.26 bits per heavy atom. The molecular weight excluding hydrogens is 469 g/mol. The van der Waals surface area contributed by atoms with Crippen molar-refractivity contribution in [3.05, 3.63) is 65.5 Å². The molecule has 9 heteroatoms. The fourth-order valence-electron chi connectivity index (χ4n) is 4.98. The number of sulfonamides is 1. The Hall–Kier alpha value is -2.78. The molecule has 0 aromatic heterocycles. The van der Waals surface area contributed by atoms with Crippen LogP contribution in [0.25, 0.3) is 0 Å². The zero-order chi connectivity index (χ0) is 25.0. The first-order chi connectivity index (χ1) is 16.8. The molecule has 2 aliphatic rings. The molecule has 1 saturated carbocycles. The van der Waals surface area contributed by atoms with Crippen LogP contribution in [0.3, 0.4) is 0 Å². The van der Waals surface area contributed by atoms with Gasteiger partial charge in [-0.25, -0.2) is 12.8 Å². The van der Waals surface area contributed by atoms with E-state index in [1.54, 1.807) is 6.07 Å². The van der Waals surface area contributed by atoms with Crippen molar-refractivity contribution in [1.29, 1.82) is 0 Å². The molecule has 1 aliphatic carbocycles. The third kappa shape index (κ3) is 5.90. The van der Waals surface area contributed by atoms with Crippen molar-refractivity contribution >= 4 is 21.8 Å². The van der Waals surface area contributed by atoms with Crippen LogP contribution < -0.4 is 10.6 Å². The van der Waals surface area contributed by atoms with E-state index in [-0.39, 0.29) is 35.3 Å². The van der Waals surface area contributed by atoms with Crippen LogP contribution in [-0.2, 0) is 14.8 Å². The number of piperidine rings is 1. The molecule has 1 heterocycles. The molecule has 188 valence electrons. The maximum atomic E-state index is 13.2. The second-order valence-electron chi connectivity index (χ2n) is 9.45. The van der Waals surface area contributed by atoms with Gasteiger partial charge in [-0.1, -0.05) is 31.0 Å². The normalized spacial score (nSPS) is 23.4. The first-order valence-electron chi connectivity index (χ1n) is 12.2. The molecule has 2 aromatic carbocycles. The van der Waals surface area contributed by atoms with Gasteiger partial charge >= 0.3 is 0 Å². The number of hydrogen-bond donors (Lipinski definition) is 2. The second kappa shape index (κ2) is 10.9. The summed E-state index contributed by atoms with van der Waals surface area (Å²) in [7, 11) is -3.81. The van der Waals surface area contributed by atoms with Crippen molar-refractivity contribution in [2.45, 2.75) is 62.4 Å². The van der Waals surface area contributed by atoms with E-state index in [2.05, 4.69) is 10.6 Å². The van der Waals surface area contributed by atoms with Crippen LogP contribution in [0.15, 0.2) is 53.4 Å². The summed E-state index contributed by atoms with van der Waals surface area (Å²) in [6.45, 7) is 2.30. The van der Waals surface area contributed by atoms with Crippen LogP contribution >= 0.6 is 0 Å². The number of aryl methyl sites for hydroxylation is 1. The second-order valence-corrected chi connectivity index (χ2v) is 11.4. The standard InChI is InChI=1S/C26H32FN3O4S/c1-18-7-2-3-9-22(18)26(32)29-24-11-5-4-10-23(24)28-25(31)19-8-6-16-30(17-19)35(33,34)21-14-12-20(27)13-15-21/h2-3,7,9,12-15,19,23-24H,4-6,8,10-11,16-17H2,1H3,(H,28,31)(H,29,32)/t19-,23+,24+/m0/s1. The van der Waals surface area contributed by atoms with Crippen molar-refractivity contribution in [1.82, 2.24) is 14.9 Å². The minimum absolute atomic E-state index is 0.0196.